The van der Waals surface area contributed by atoms with Crippen molar-refractivity contribution < 1.29 is 28.2 Å². The van der Waals surface area contributed by atoms with E-state index >= 15 is 0 Å². The van der Waals surface area contributed by atoms with Crippen molar-refractivity contribution in [3.63, 3.8) is 0 Å². The number of hydrogen-bond donors (Lipinski definition) is 1. The average molecular weight is 447 g/mol. The number of amides is 1. The van der Waals surface area contributed by atoms with Gasteiger partial charge < -0.3 is 28.7 Å². The molecular formula is C26H25NO6. The summed E-state index contributed by atoms with van der Waals surface area (Å²) in [4.78, 5) is 13.1. The largest absolute Gasteiger partial charge is 0.496 e. The van der Waals surface area contributed by atoms with E-state index in [-0.39, 0.29) is 24.8 Å². The molecule has 170 valence electrons. The quantitative estimate of drug-likeness (QED) is 0.390. The van der Waals surface area contributed by atoms with Crippen molar-refractivity contribution in [3.05, 3.63) is 83.6 Å². The molecular weight excluding hydrogens is 422 g/mol. The lowest BCUT2D eigenvalue weighted by atomic mass is 10.1. The molecule has 3 aromatic carbocycles. The molecule has 0 saturated heterocycles. The molecule has 0 bridgehead atoms. The molecule has 4 aromatic rings. The third kappa shape index (κ3) is 4.72. The molecule has 1 amide bonds. The van der Waals surface area contributed by atoms with E-state index in [9.17, 15) is 4.79 Å². The first kappa shape index (κ1) is 22.1. The van der Waals surface area contributed by atoms with Crippen molar-refractivity contribution in [1.29, 1.82) is 0 Å². The zero-order valence-electron chi connectivity index (χ0n) is 18.7. The minimum Gasteiger partial charge on any atom is -0.496 e. The Bertz CT molecular complexity index is 1250. The summed E-state index contributed by atoms with van der Waals surface area (Å²) in [5.41, 5.74) is 2.05. The van der Waals surface area contributed by atoms with E-state index in [0.29, 0.717) is 34.1 Å². The molecule has 0 fully saturated rings. The van der Waals surface area contributed by atoms with Crippen LogP contribution in [0.4, 0.5) is 0 Å². The highest BCUT2D eigenvalue weighted by atomic mass is 16.5. The van der Waals surface area contributed by atoms with Gasteiger partial charge in [-0.15, -0.1) is 0 Å². The lowest BCUT2D eigenvalue weighted by molar-refractivity contribution is 0.0921. The highest BCUT2D eigenvalue weighted by Crippen LogP contribution is 2.34. The zero-order valence-corrected chi connectivity index (χ0v) is 18.7. The molecule has 0 saturated carbocycles. The Kier molecular flexibility index (Phi) is 6.69. The van der Waals surface area contributed by atoms with Crippen LogP contribution in [-0.4, -0.2) is 27.2 Å². The van der Waals surface area contributed by atoms with Crippen molar-refractivity contribution in [3.8, 4) is 23.0 Å². The van der Waals surface area contributed by atoms with Gasteiger partial charge in [-0.05, 0) is 24.3 Å². The van der Waals surface area contributed by atoms with Crippen molar-refractivity contribution in [2.45, 2.75) is 13.2 Å². The summed E-state index contributed by atoms with van der Waals surface area (Å²) in [5, 5.41) is 3.75. The number of ether oxygens (including phenoxy) is 4. The maximum Gasteiger partial charge on any atom is 0.287 e. The summed E-state index contributed by atoms with van der Waals surface area (Å²) in [6.45, 7) is 0.405. The molecule has 7 nitrogen and oxygen atoms in total. The van der Waals surface area contributed by atoms with Crippen LogP contribution in [0, 0.1) is 0 Å². The second-order valence-corrected chi connectivity index (χ2v) is 7.21. The van der Waals surface area contributed by atoms with Crippen molar-refractivity contribution >= 4 is 16.9 Å². The Balaban J connectivity index is 1.58. The summed E-state index contributed by atoms with van der Waals surface area (Å²) < 4.78 is 28.0. The van der Waals surface area contributed by atoms with Crippen molar-refractivity contribution in [1.82, 2.24) is 5.32 Å². The number of methoxy groups -OCH3 is 3. The summed E-state index contributed by atoms with van der Waals surface area (Å²) >= 11 is 0. The zero-order chi connectivity index (χ0) is 23.2. The van der Waals surface area contributed by atoms with Crippen LogP contribution in [0.15, 0.2) is 71.1 Å². The second-order valence-electron chi connectivity index (χ2n) is 7.21. The molecule has 4 rings (SSSR count). The molecule has 1 heterocycles. The van der Waals surface area contributed by atoms with Gasteiger partial charge in [0.15, 0.2) is 17.3 Å². The minimum absolute atomic E-state index is 0.198. The Morgan fingerprint density at radius 3 is 2.24 bits per heavy atom. The van der Waals surface area contributed by atoms with Crippen LogP contribution in [-0.2, 0) is 13.2 Å². The number of carbonyl (C=O) groups is 1. The molecule has 0 aliphatic heterocycles. The Morgan fingerprint density at radius 2 is 1.52 bits per heavy atom. The van der Waals surface area contributed by atoms with E-state index in [1.54, 1.807) is 33.5 Å². The predicted molar refractivity (Wildman–Crippen MR) is 124 cm³/mol. The first-order valence-corrected chi connectivity index (χ1v) is 10.4. The average Bonchev–Trinajstić information content (AvgIpc) is 3.24. The molecule has 0 aliphatic rings. The lowest BCUT2D eigenvalue weighted by Crippen LogP contribution is -2.24. The molecule has 1 aromatic heterocycles. The van der Waals surface area contributed by atoms with Crippen LogP contribution in [0.3, 0.4) is 0 Å². The number of rotatable bonds is 9. The number of benzene rings is 3. The number of carbonyl (C=O) groups excluding carboxylic acids is 1. The number of hydrogen-bond acceptors (Lipinski definition) is 6. The van der Waals surface area contributed by atoms with Gasteiger partial charge in [0.05, 0.1) is 21.3 Å². The van der Waals surface area contributed by atoms with Gasteiger partial charge in [0.1, 0.15) is 23.7 Å². The fourth-order valence-corrected chi connectivity index (χ4v) is 3.58. The Labute approximate surface area is 191 Å². The molecule has 0 aliphatic carbocycles. The van der Waals surface area contributed by atoms with Gasteiger partial charge in [-0.2, -0.15) is 0 Å². The molecule has 1 N–H and O–H groups in total. The summed E-state index contributed by atoms with van der Waals surface area (Å²) in [6, 6.07) is 20.4. The van der Waals surface area contributed by atoms with Crippen molar-refractivity contribution in [2.24, 2.45) is 0 Å². The standard InChI is InChI=1S/C26H25NO6/c1-29-22-14-24(31-3)23(30-2)13-17(22)15-27-26(28)25-20(16-32-18-9-5-4-6-10-18)19-11-7-8-12-21(19)33-25/h4-14H,15-16H2,1-3H3,(H,27,28). The summed E-state index contributed by atoms with van der Waals surface area (Å²) in [6.07, 6.45) is 0. The van der Waals surface area contributed by atoms with Crippen LogP contribution >= 0.6 is 0 Å². The molecule has 7 heteroatoms. The van der Waals surface area contributed by atoms with Gasteiger partial charge in [0.2, 0.25) is 0 Å². The smallest absolute Gasteiger partial charge is 0.287 e. The Hall–Kier alpha value is -4.13. The van der Waals surface area contributed by atoms with Gasteiger partial charge in [-0.1, -0.05) is 36.4 Å². The number of para-hydroxylation sites is 2. The predicted octanol–water partition coefficient (Wildman–Crippen LogP) is 4.97. The number of fused-ring (bicyclic) bond motifs is 1. The second kappa shape index (κ2) is 9.99. The lowest BCUT2D eigenvalue weighted by Gasteiger charge is -2.14. The van der Waals surface area contributed by atoms with Gasteiger partial charge in [-0.25, -0.2) is 0 Å². The van der Waals surface area contributed by atoms with Crippen molar-refractivity contribution in [2.75, 3.05) is 21.3 Å². The van der Waals surface area contributed by atoms with Gasteiger partial charge >= 0.3 is 0 Å². The van der Waals surface area contributed by atoms with E-state index in [1.165, 1.54) is 0 Å². The number of nitrogens with one attached hydrogen (secondary N) is 1. The molecule has 0 unspecified atom stereocenters. The van der Waals surface area contributed by atoms with Crippen LogP contribution in [0.1, 0.15) is 21.7 Å². The molecule has 33 heavy (non-hydrogen) atoms. The van der Waals surface area contributed by atoms with E-state index in [1.807, 2.05) is 54.6 Å². The van der Waals surface area contributed by atoms with E-state index in [2.05, 4.69) is 5.32 Å². The van der Waals surface area contributed by atoms with Gasteiger partial charge in [-0.3, -0.25) is 4.79 Å². The van der Waals surface area contributed by atoms with Crippen LogP contribution in [0.2, 0.25) is 0 Å². The fraction of sp³-hybridized carbons (Fsp3) is 0.192. The fourth-order valence-electron chi connectivity index (χ4n) is 3.58. The van der Waals surface area contributed by atoms with Crippen LogP contribution in [0.25, 0.3) is 11.0 Å². The van der Waals surface area contributed by atoms with E-state index in [0.717, 1.165) is 10.9 Å². The molecule has 0 spiro atoms. The maximum atomic E-state index is 13.1. The number of furan rings is 1. The van der Waals surface area contributed by atoms with Crippen LogP contribution in [0.5, 0.6) is 23.0 Å². The first-order chi connectivity index (χ1) is 16.1. The Morgan fingerprint density at radius 1 is 0.848 bits per heavy atom. The molecule has 0 atom stereocenters. The summed E-state index contributed by atoms with van der Waals surface area (Å²) in [7, 11) is 4.67. The SMILES string of the molecule is COc1cc(OC)c(OC)cc1CNC(=O)c1oc2ccccc2c1COc1ccccc1. The highest BCUT2D eigenvalue weighted by Gasteiger charge is 2.22. The third-order valence-corrected chi connectivity index (χ3v) is 5.26. The summed E-state index contributed by atoms with van der Waals surface area (Å²) in [5.74, 6) is 2.24. The highest BCUT2D eigenvalue weighted by molar-refractivity contribution is 5.99. The first-order valence-electron chi connectivity index (χ1n) is 10.4. The topological polar surface area (TPSA) is 79.2 Å². The van der Waals surface area contributed by atoms with Crippen LogP contribution < -0.4 is 24.3 Å². The van der Waals surface area contributed by atoms with E-state index < -0.39 is 0 Å². The third-order valence-electron chi connectivity index (χ3n) is 5.26. The van der Waals surface area contributed by atoms with Gasteiger partial charge in [0.25, 0.3) is 5.91 Å². The minimum atomic E-state index is -0.352. The monoisotopic (exact) mass is 447 g/mol. The maximum absolute atomic E-state index is 13.1. The molecule has 0 radical (unpaired) electrons. The van der Waals surface area contributed by atoms with E-state index in [4.69, 9.17) is 23.4 Å². The normalized spacial score (nSPS) is 10.6. The van der Waals surface area contributed by atoms with Gasteiger partial charge in [0, 0.05) is 29.1 Å².